The number of piperidine rings is 1. The van der Waals surface area contributed by atoms with Crippen molar-refractivity contribution in [3.8, 4) is 0 Å². The van der Waals surface area contributed by atoms with Crippen molar-refractivity contribution in [3.05, 3.63) is 10.5 Å². The van der Waals surface area contributed by atoms with E-state index in [0.717, 1.165) is 24.5 Å². The fourth-order valence-corrected chi connectivity index (χ4v) is 2.97. The summed E-state index contributed by atoms with van der Waals surface area (Å²) in [7, 11) is 0. The molecule has 1 saturated heterocycles. The third-order valence-electron chi connectivity index (χ3n) is 3.29. The fraction of sp³-hybridized carbons (Fsp3) is 0.750. The molecule has 5 nitrogen and oxygen atoms in total. The molecule has 2 heterocycles. The average Bonchev–Trinajstić information content (AvgIpc) is 2.85. The van der Waals surface area contributed by atoms with Gasteiger partial charge in [0.1, 0.15) is 10.5 Å². The van der Waals surface area contributed by atoms with Crippen molar-refractivity contribution >= 4 is 17.2 Å². The Kier molecular flexibility index (Phi) is 5.07. The molecule has 1 aromatic heterocycles. The zero-order valence-electron chi connectivity index (χ0n) is 10.8. The van der Waals surface area contributed by atoms with Crippen LogP contribution in [0.5, 0.6) is 0 Å². The molecule has 1 fully saturated rings. The van der Waals surface area contributed by atoms with E-state index in [1.807, 2.05) is 6.92 Å². The van der Waals surface area contributed by atoms with E-state index in [0.29, 0.717) is 19.0 Å². The maximum Gasteiger partial charge on any atom is 0.221 e. The van der Waals surface area contributed by atoms with Crippen molar-refractivity contribution in [2.24, 2.45) is 0 Å². The smallest absolute Gasteiger partial charge is 0.221 e. The Hall–Kier alpha value is -1.01. The van der Waals surface area contributed by atoms with Crippen LogP contribution in [0.15, 0.2) is 5.51 Å². The average molecular weight is 268 g/mol. The van der Waals surface area contributed by atoms with Crippen LogP contribution in [0.2, 0.25) is 0 Å². The second-order valence-electron chi connectivity index (χ2n) is 4.61. The van der Waals surface area contributed by atoms with Gasteiger partial charge < -0.3 is 5.32 Å². The van der Waals surface area contributed by atoms with Gasteiger partial charge in [0.25, 0.3) is 0 Å². The zero-order chi connectivity index (χ0) is 12.8. The van der Waals surface area contributed by atoms with Gasteiger partial charge in [-0.15, -0.1) is 21.5 Å². The summed E-state index contributed by atoms with van der Waals surface area (Å²) in [6.45, 7) is 4.55. The highest BCUT2D eigenvalue weighted by molar-refractivity contribution is 7.09. The van der Waals surface area contributed by atoms with Gasteiger partial charge >= 0.3 is 0 Å². The van der Waals surface area contributed by atoms with E-state index in [1.54, 1.807) is 16.8 Å². The highest BCUT2D eigenvalue weighted by Crippen LogP contribution is 2.22. The number of nitrogens with one attached hydrogen (secondary N) is 1. The summed E-state index contributed by atoms with van der Waals surface area (Å²) in [5.74, 6) is 0.159. The van der Waals surface area contributed by atoms with Crippen LogP contribution < -0.4 is 5.32 Å². The van der Waals surface area contributed by atoms with Crippen LogP contribution in [0.1, 0.15) is 37.6 Å². The van der Waals surface area contributed by atoms with Crippen molar-refractivity contribution in [2.75, 3.05) is 13.1 Å². The number of aromatic nitrogens is 2. The number of amides is 1. The Morgan fingerprint density at radius 2 is 2.50 bits per heavy atom. The second kappa shape index (κ2) is 6.80. The lowest BCUT2D eigenvalue weighted by Gasteiger charge is -2.34. The SMILES string of the molecule is CCNC(=O)CC1CCCCN1Cc1nncs1. The van der Waals surface area contributed by atoms with Crippen molar-refractivity contribution < 1.29 is 4.79 Å². The first-order chi connectivity index (χ1) is 8.79. The van der Waals surface area contributed by atoms with Crippen LogP contribution >= 0.6 is 11.3 Å². The van der Waals surface area contributed by atoms with Gasteiger partial charge in [0.2, 0.25) is 5.91 Å². The van der Waals surface area contributed by atoms with E-state index in [-0.39, 0.29) is 5.91 Å². The summed E-state index contributed by atoms with van der Waals surface area (Å²) >= 11 is 1.58. The Labute approximate surface area is 112 Å². The quantitative estimate of drug-likeness (QED) is 0.877. The van der Waals surface area contributed by atoms with Gasteiger partial charge in [-0.2, -0.15) is 0 Å². The van der Waals surface area contributed by atoms with Gasteiger partial charge in [-0.1, -0.05) is 6.42 Å². The van der Waals surface area contributed by atoms with Crippen molar-refractivity contribution in [1.82, 2.24) is 20.4 Å². The fourth-order valence-electron chi connectivity index (χ4n) is 2.42. The Morgan fingerprint density at radius 1 is 1.61 bits per heavy atom. The molecule has 2 rings (SSSR count). The monoisotopic (exact) mass is 268 g/mol. The molecule has 1 aliphatic rings. The minimum atomic E-state index is 0.159. The van der Waals surface area contributed by atoms with Crippen LogP contribution in [-0.2, 0) is 11.3 Å². The van der Waals surface area contributed by atoms with Crippen molar-refractivity contribution in [1.29, 1.82) is 0 Å². The molecule has 1 amide bonds. The van der Waals surface area contributed by atoms with Crippen LogP contribution in [0.25, 0.3) is 0 Å². The summed E-state index contributed by atoms with van der Waals surface area (Å²) in [5.41, 5.74) is 1.76. The molecule has 0 spiro atoms. The minimum Gasteiger partial charge on any atom is -0.356 e. The summed E-state index contributed by atoms with van der Waals surface area (Å²) in [5, 5.41) is 11.9. The number of carbonyl (C=O) groups is 1. The number of likely N-dealkylation sites (tertiary alicyclic amines) is 1. The van der Waals surface area contributed by atoms with E-state index in [1.165, 1.54) is 12.8 Å². The normalized spacial score (nSPS) is 20.8. The molecule has 0 bridgehead atoms. The third kappa shape index (κ3) is 3.74. The van der Waals surface area contributed by atoms with E-state index in [4.69, 9.17) is 0 Å². The third-order valence-corrected chi connectivity index (χ3v) is 3.97. The second-order valence-corrected chi connectivity index (χ2v) is 5.53. The maximum atomic E-state index is 11.7. The van der Waals surface area contributed by atoms with Crippen LogP contribution in [-0.4, -0.2) is 40.1 Å². The van der Waals surface area contributed by atoms with Crippen molar-refractivity contribution in [2.45, 2.75) is 45.2 Å². The number of carbonyl (C=O) groups excluding carboxylic acids is 1. The molecule has 1 unspecified atom stereocenters. The molecular weight excluding hydrogens is 248 g/mol. The van der Waals surface area contributed by atoms with Crippen LogP contribution in [0.3, 0.4) is 0 Å². The minimum absolute atomic E-state index is 0.159. The molecule has 0 aromatic carbocycles. The van der Waals surface area contributed by atoms with Gasteiger partial charge in [0.15, 0.2) is 0 Å². The summed E-state index contributed by atoms with van der Waals surface area (Å²) in [6, 6.07) is 0.356. The molecule has 0 aliphatic carbocycles. The van der Waals surface area contributed by atoms with Gasteiger partial charge in [0, 0.05) is 19.0 Å². The largest absolute Gasteiger partial charge is 0.356 e. The zero-order valence-corrected chi connectivity index (χ0v) is 11.6. The molecule has 1 aliphatic heterocycles. The molecule has 1 N–H and O–H groups in total. The number of hydrogen-bond acceptors (Lipinski definition) is 5. The summed E-state index contributed by atoms with van der Waals surface area (Å²) < 4.78 is 0. The first kappa shape index (κ1) is 13.4. The lowest BCUT2D eigenvalue weighted by Crippen LogP contribution is -2.42. The molecule has 6 heteroatoms. The molecule has 1 aromatic rings. The van der Waals surface area contributed by atoms with Gasteiger partial charge in [-0.3, -0.25) is 9.69 Å². The molecule has 0 radical (unpaired) electrons. The predicted molar refractivity (Wildman–Crippen MR) is 71.3 cm³/mol. The standard InChI is InChI=1S/C12H20N4OS/c1-2-13-11(17)7-10-5-3-4-6-16(10)8-12-15-14-9-18-12/h9-10H,2-8H2,1H3,(H,13,17). The van der Waals surface area contributed by atoms with E-state index >= 15 is 0 Å². The Morgan fingerprint density at radius 3 is 3.22 bits per heavy atom. The van der Waals surface area contributed by atoms with Crippen LogP contribution in [0.4, 0.5) is 0 Å². The maximum absolute atomic E-state index is 11.7. The van der Waals surface area contributed by atoms with Crippen LogP contribution in [0, 0.1) is 0 Å². The first-order valence-electron chi connectivity index (χ1n) is 6.55. The van der Waals surface area contributed by atoms with Crippen molar-refractivity contribution in [3.63, 3.8) is 0 Å². The van der Waals surface area contributed by atoms with Gasteiger partial charge in [-0.25, -0.2) is 0 Å². The number of hydrogen-bond donors (Lipinski definition) is 1. The lowest BCUT2D eigenvalue weighted by molar-refractivity contribution is -0.122. The van der Waals surface area contributed by atoms with Gasteiger partial charge in [0.05, 0.1) is 6.54 Å². The number of nitrogens with zero attached hydrogens (tertiary/aromatic N) is 3. The van der Waals surface area contributed by atoms with E-state index in [2.05, 4.69) is 20.4 Å². The van der Waals surface area contributed by atoms with E-state index in [9.17, 15) is 4.79 Å². The molecular formula is C12H20N4OS. The van der Waals surface area contributed by atoms with Gasteiger partial charge in [-0.05, 0) is 26.3 Å². The summed E-state index contributed by atoms with van der Waals surface area (Å²) in [4.78, 5) is 14.1. The molecule has 1 atom stereocenters. The Bertz CT molecular complexity index is 368. The highest BCUT2D eigenvalue weighted by atomic mass is 32.1. The Balaban J connectivity index is 1.91. The molecule has 0 saturated carbocycles. The molecule has 100 valence electrons. The summed E-state index contributed by atoms with van der Waals surface area (Å²) in [6.07, 6.45) is 4.14. The lowest BCUT2D eigenvalue weighted by atomic mass is 9.99. The predicted octanol–water partition coefficient (Wildman–Crippen LogP) is 1.42. The molecule has 18 heavy (non-hydrogen) atoms. The number of rotatable bonds is 5. The topological polar surface area (TPSA) is 58.1 Å². The highest BCUT2D eigenvalue weighted by Gasteiger charge is 2.25. The first-order valence-corrected chi connectivity index (χ1v) is 7.43. The van der Waals surface area contributed by atoms with E-state index < -0.39 is 0 Å².